The van der Waals surface area contributed by atoms with Gasteiger partial charge < -0.3 is 19.2 Å². The van der Waals surface area contributed by atoms with Gasteiger partial charge in [0.05, 0.1) is 0 Å². The molecule has 114 valence electrons. The Morgan fingerprint density at radius 1 is 1.04 bits per heavy atom. The molecule has 0 saturated heterocycles. The number of benzene rings is 2. The second kappa shape index (κ2) is 5.17. The number of anilines is 1. The molecule has 0 radical (unpaired) electrons. The van der Waals surface area contributed by atoms with Gasteiger partial charge in [0, 0.05) is 17.1 Å². The number of para-hydroxylation sites is 1. The summed E-state index contributed by atoms with van der Waals surface area (Å²) in [4.78, 5) is 12.4. The van der Waals surface area contributed by atoms with Crippen LogP contribution in [0, 0.1) is 5.41 Å². The predicted molar refractivity (Wildman–Crippen MR) is 82.6 cm³/mol. The number of amides is 1. The Balaban J connectivity index is 1.66. The number of nitrogens with one attached hydrogen (secondary N) is 2. The maximum atomic E-state index is 12.4. The number of hydrogen-bond acceptors (Lipinski definition) is 5. The van der Waals surface area contributed by atoms with Crippen molar-refractivity contribution in [2.75, 3.05) is 12.1 Å². The molecule has 0 bridgehead atoms. The van der Waals surface area contributed by atoms with E-state index in [-0.39, 0.29) is 17.9 Å². The standard InChI is InChI=1S/C17H12N2O4/c18-16-12(7-10-3-1-2-4-13(10)23-16)17(20)19-11-5-6-14-15(8-11)22-9-21-14/h1-8,18H,9H2,(H,19,20). The van der Waals surface area contributed by atoms with Crippen LogP contribution in [0.5, 0.6) is 11.5 Å². The number of carbonyl (C=O) groups is 1. The molecule has 0 spiro atoms. The second-order valence-corrected chi connectivity index (χ2v) is 5.05. The molecular formula is C17H12N2O4. The van der Waals surface area contributed by atoms with E-state index in [1.807, 2.05) is 18.2 Å². The van der Waals surface area contributed by atoms with Gasteiger partial charge in [-0.2, -0.15) is 0 Å². The van der Waals surface area contributed by atoms with Crippen molar-refractivity contribution < 1.29 is 18.7 Å². The lowest BCUT2D eigenvalue weighted by molar-refractivity contribution is 0.102. The van der Waals surface area contributed by atoms with Crippen molar-refractivity contribution in [3.05, 3.63) is 59.6 Å². The number of hydrogen-bond donors (Lipinski definition) is 2. The van der Waals surface area contributed by atoms with Crippen LogP contribution in [0.4, 0.5) is 5.69 Å². The second-order valence-electron chi connectivity index (χ2n) is 5.05. The van der Waals surface area contributed by atoms with Crippen molar-refractivity contribution in [2.24, 2.45) is 0 Å². The quantitative estimate of drug-likeness (QED) is 0.762. The van der Waals surface area contributed by atoms with Crippen LogP contribution in [0.3, 0.4) is 0 Å². The first-order valence-electron chi connectivity index (χ1n) is 6.99. The number of ether oxygens (including phenoxy) is 2. The summed E-state index contributed by atoms with van der Waals surface area (Å²) in [6, 6.07) is 14.0. The molecule has 1 aliphatic heterocycles. The molecule has 0 saturated carbocycles. The highest BCUT2D eigenvalue weighted by atomic mass is 16.7. The zero-order valence-electron chi connectivity index (χ0n) is 12.0. The summed E-state index contributed by atoms with van der Waals surface area (Å²) >= 11 is 0. The van der Waals surface area contributed by atoms with Crippen molar-refractivity contribution in [2.45, 2.75) is 0 Å². The minimum absolute atomic E-state index is 0.168. The molecule has 6 nitrogen and oxygen atoms in total. The van der Waals surface area contributed by atoms with Crippen molar-refractivity contribution >= 4 is 22.6 Å². The molecule has 1 amide bonds. The molecule has 0 unspecified atom stereocenters. The lowest BCUT2D eigenvalue weighted by Crippen LogP contribution is -2.20. The Labute approximate surface area is 130 Å². The lowest BCUT2D eigenvalue weighted by Gasteiger charge is -2.07. The monoisotopic (exact) mass is 308 g/mol. The molecule has 2 aromatic carbocycles. The number of carbonyl (C=O) groups excluding carboxylic acids is 1. The van der Waals surface area contributed by atoms with E-state index >= 15 is 0 Å². The van der Waals surface area contributed by atoms with Crippen molar-refractivity contribution in [1.82, 2.24) is 0 Å². The fourth-order valence-corrected chi connectivity index (χ4v) is 2.42. The van der Waals surface area contributed by atoms with E-state index in [9.17, 15) is 4.79 Å². The number of rotatable bonds is 2. The van der Waals surface area contributed by atoms with Crippen LogP contribution in [0.25, 0.3) is 11.0 Å². The summed E-state index contributed by atoms with van der Waals surface area (Å²) < 4.78 is 15.9. The minimum atomic E-state index is -0.414. The first-order chi connectivity index (χ1) is 11.2. The van der Waals surface area contributed by atoms with E-state index in [4.69, 9.17) is 19.3 Å². The maximum Gasteiger partial charge on any atom is 0.261 e. The molecular weight excluding hydrogens is 296 g/mol. The van der Waals surface area contributed by atoms with E-state index in [2.05, 4.69) is 5.32 Å². The van der Waals surface area contributed by atoms with Gasteiger partial charge in [0.2, 0.25) is 12.3 Å². The predicted octanol–water partition coefficient (Wildman–Crippen LogP) is 2.89. The Kier molecular flexibility index (Phi) is 3.01. The average molecular weight is 308 g/mol. The normalized spacial score (nSPS) is 12.3. The first kappa shape index (κ1) is 13.4. The highest BCUT2D eigenvalue weighted by Gasteiger charge is 2.16. The third kappa shape index (κ3) is 2.40. The maximum absolute atomic E-state index is 12.4. The van der Waals surface area contributed by atoms with Crippen LogP contribution >= 0.6 is 0 Å². The smallest absolute Gasteiger partial charge is 0.261 e. The van der Waals surface area contributed by atoms with Crippen LogP contribution in [-0.4, -0.2) is 12.7 Å². The molecule has 0 atom stereocenters. The summed E-state index contributed by atoms with van der Waals surface area (Å²) in [5, 5.41) is 11.4. The van der Waals surface area contributed by atoms with Crippen LogP contribution in [0.1, 0.15) is 10.4 Å². The Bertz CT molecular complexity index is 978. The van der Waals surface area contributed by atoms with Crippen molar-refractivity contribution in [3.63, 3.8) is 0 Å². The van der Waals surface area contributed by atoms with Gasteiger partial charge in [0.25, 0.3) is 5.91 Å². The van der Waals surface area contributed by atoms with Gasteiger partial charge in [-0.3, -0.25) is 10.2 Å². The van der Waals surface area contributed by atoms with Gasteiger partial charge >= 0.3 is 0 Å². The highest BCUT2D eigenvalue weighted by Crippen LogP contribution is 2.34. The average Bonchev–Trinajstić information content (AvgIpc) is 3.01. The summed E-state index contributed by atoms with van der Waals surface area (Å²) in [7, 11) is 0. The molecule has 2 heterocycles. The zero-order chi connectivity index (χ0) is 15.8. The summed E-state index contributed by atoms with van der Waals surface area (Å²) in [5.41, 5.74) is 1.12. The van der Waals surface area contributed by atoms with Crippen LogP contribution in [-0.2, 0) is 0 Å². The van der Waals surface area contributed by atoms with Crippen molar-refractivity contribution in [3.8, 4) is 11.5 Å². The largest absolute Gasteiger partial charge is 0.454 e. The fraction of sp³-hybridized carbons (Fsp3) is 0.0588. The van der Waals surface area contributed by atoms with E-state index in [1.165, 1.54) is 0 Å². The Morgan fingerprint density at radius 3 is 2.78 bits per heavy atom. The van der Waals surface area contributed by atoms with Gasteiger partial charge in [0.1, 0.15) is 11.1 Å². The molecule has 0 fully saturated rings. The fourth-order valence-electron chi connectivity index (χ4n) is 2.42. The van der Waals surface area contributed by atoms with E-state index in [1.54, 1.807) is 30.3 Å². The highest BCUT2D eigenvalue weighted by molar-refractivity contribution is 6.05. The molecule has 23 heavy (non-hydrogen) atoms. The molecule has 0 aliphatic carbocycles. The molecule has 1 aromatic heterocycles. The van der Waals surface area contributed by atoms with Gasteiger partial charge in [-0.15, -0.1) is 0 Å². The van der Waals surface area contributed by atoms with E-state index < -0.39 is 5.91 Å². The Morgan fingerprint density at radius 2 is 1.87 bits per heavy atom. The zero-order valence-corrected chi connectivity index (χ0v) is 12.0. The van der Waals surface area contributed by atoms with Gasteiger partial charge in [0.15, 0.2) is 11.5 Å². The van der Waals surface area contributed by atoms with Gasteiger partial charge in [-0.05, 0) is 24.3 Å². The molecule has 2 N–H and O–H groups in total. The molecule has 6 heteroatoms. The number of fused-ring (bicyclic) bond motifs is 2. The first-order valence-corrected chi connectivity index (χ1v) is 6.99. The topological polar surface area (TPSA) is 84.6 Å². The lowest BCUT2D eigenvalue weighted by atomic mass is 10.1. The van der Waals surface area contributed by atoms with E-state index in [0.717, 1.165) is 5.39 Å². The molecule has 1 aliphatic rings. The third-order valence-electron chi connectivity index (χ3n) is 3.55. The summed E-state index contributed by atoms with van der Waals surface area (Å²) in [6.07, 6.45) is 0. The molecule has 3 aromatic rings. The van der Waals surface area contributed by atoms with Crippen molar-refractivity contribution in [1.29, 1.82) is 5.41 Å². The van der Waals surface area contributed by atoms with Crippen LogP contribution < -0.4 is 20.3 Å². The van der Waals surface area contributed by atoms with E-state index in [0.29, 0.717) is 22.8 Å². The van der Waals surface area contributed by atoms with Gasteiger partial charge in [-0.25, -0.2) is 0 Å². The molecule has 4 rings (SSSR count). The third-order valence-corrected chi connectivity index (χ3v) is 3.55. The van der Waals surface area contributed by atoms with Crippen LogP contribution in [0.2, 0.25) is 0 Å². The summed E-state index contributed by atoms with van der Waals surface area (Å²) in [5.74, 6) is 0.811. The minimum Gasteiger partial charge on any atom is -0.454 e. The SMILES string of the molecule is N=c1oc2ccccc2cc1C(=O)Nc1ccc2c(c1)OCO2. The Hall–Kier alpha value is -3.28. The van der Waals surface area contributed by atoms with Gasteiger partial charge in [-0.1, -0.05) is 18.2 Å². The van der Waals surface area contributed by atoms with Crippen LogP contribution in [0.15, 0.2) is 52.9 Å². The summed E-state index contributed by atoms with van der Waals surface area (Å²) in [6.45, 7) is 0.174.